The Bertz CT molecular complexity index is 352. The molecule has 0 amide bonds. The van der Waals surface area contributed by atoms with Crippen molar-refractivity contribution in [1.82, 2.24) is 0 Å². The summed E-state index contributed by atoms with van der Waals surface area (Å²) in [5, 5.41) is 0. The highest BCUT2D eigenvalue weighted by molar-refractivity contribution is 5.70. The Labute approximate surface area is 95.3 Å². The van der Waals surface area contributed by atoms with Crippen molar-refractivity contribution in [1.29, 1.82) is 0 Å². The van der Waals surface area contributed by atoms with Gasteiger partial charge in [0.2, 0.25) is 0 Å². The molecule has 0 heterocycles. The number of carbonyl (C=O) groups excluding carboxylic acids is 1. The molecule has 0 radical (unpaired) electrons. The van der Waals surface area contributed by atoms with Gasteiger partial charge in [-0.15, -0.1) is 0 Å². The van der Waals surface area contributed by atoms with Crippen molar-refractivity contribution < 1.29 is 14.3 Å². The monoisotopic (exact) mass is 223 g/mol. The first-order chi connectivity index (χ1) is 7.67. The number of hydrogen-bond donors (Lipinski definition) is 1. The van der Waals surface area contributed by atoms with Gasteiger partial charge in [-0.2, -0.15) is 0 Å². The van der Waals surface area contributed by atoms with Crippen LogP contribution in [0.3, 0.4) is 0 Å². The molecule has 0 aromatic heterocycles. The average molecular weight is 223 g/mol. The molecule has 16 heavy (non-hydrogen) atoms. The summed E-state index contributed by atoms with van der Waals surface area (Å²) in [4.78, 5) is 11.2. The van der Waals surface area contributed by atoms with Gasteiger partial charge in [0.1, 0.15) is 0 Å². The van der Waals surface area contributed by atoms with Crippen molar-refractivity contribution in [2.45, 2.75) is 19.4 Å². The average Bonchev–Trinajstić information content (AvgIpc) is 2.28. The third-order valence-electron chi connectivity index (χ3n) is 2.23. The number of nitrogens with two attached hydrogens (primary N) is 1. The van der Waals surface area contributed by atoms with Crippen LogP contribution in [0.15, 0.2) is 24.3 Å². The lowest BCUT2D eigenvalue weighted by atomic mass is 10.1. The molecule has 4 nitrogen and oxygen atoms in total. The van der Waals surface area contributed by atoms with E-state index in [4.69, 9.17) is 10.5 Å². The summed E-state index contributed by atoms with van der Waals surface area (Å²) < 4.78 is 10.1. The summed E-state index contributed by atoms with van der Waals surface area (Å²) >= 11 is 0. The Morgan fingerprint density at radius 2 is 2.25 bits per heavy atom. The van der Waals surface area contributed by atoms with E-state index >= 15 is 0 Å². The second kappa shape index (κ2) is 6.12. The normalized spacial score (nSPS) is 12.1. The fourth-order valence-electron chi connectivity index (χ4n) is 1.47. The molecule has 0 unspecified atom stereocenters. The molecule has 0 saturated carbocycles. The number of carbonyl (C=O) groups is 1. The van der Waals surface area contributed by atoms with Crippen molar-refractivity contribution in [3.63, 3.8) is 0 Å². The Kier molecular flexibility index (Phi) is 4.79. The summed E-state index contributed by atoms with van der Waals surface area (Å²) in [6, 6.07) is 7.33. The van der Waals surface area contributed by atoms with Crippen molar-refractivity contribution in [2.24, 2.45) is 0 Å². The number of anilines is 1. The van der Waals surface area contributed by atoms with Gasteiger partial charge in [0.05, 0.1) is 19.6 Å². The largest absolute Gasteiger partial charge is 0.469 e. The van der Waals surface area contributed by atoms with E-state index in [0.29, 0.717) is 12.3 Å². The number of rotatable bonds is 5. The number of ether oxygens (including phenoxy) is 2. The number of benzene rings is 1. The molecule has 4 heteroatoms. The van der Waals surface area contributed by atoms with E-state index in [1.54, 1.807) is 6.07 Å². The molecule has 0 aliphatic carbocycles. The van der Waals surface area contributed by atoms with Crippen molar-refractivity contribution in [3.8, 4) is 0 Å². The zero-order valence-corrected chi connectivity index (χ0v) is 9.60. The van der Waals surface area contributed by atoms with Gasteiger partial charge in [-0.05, 0) is 24.6 Å². The van der Waals surface area contributed by atoms with Crippen LogP contribution in [-0.2, 0) is 14.3 Å². The van der Waals surface area contributed by atoms with E-state index in [-0.39, 0.29) is 18.5 Å². The van der Waals surface area contributed by atoms with Crippen molar-refractivity contribution in [3.05, 3.63) is 29.8 Å². The molecule has 0 aliphatic heterocycles. The molecule has 1 aromatic carbocycles. The highest BCUT2D eigenvalue weighted by Crippen LogP contribution is 2.23. The smallest absolute Gasteiger partial charge is 0.308 e. The van der Waals surface area contributed by atoms with Gasteiger partial charge in [-0.1, -0.05) is 12.1 Å². The van der Waals surface area contributed by atoms with Crippen molar-refractivity contribution >= 4 is 11.7 Å². The van der Waals surface area contributed by atoms with Crippen LogP contribution in [0.25, 0.3) is 0 Å². The molecule has 1 atom stereocenters. The van der Waals surface area contributed by atoms with E-state index in [1.165, 1.54) is 7.11 Å². The van der Waals surface area contributed by atoms with Crippen LogP contribution < -0.4 is 5.73 Å². The van der Waals surface area contributed by atoms with Gasteiger partial charge in [-0.3, -0.25) is 4.79 Å². The first-order valence-electron chi connectivity index (χ1n) is 5.21. The highest BCUT2D eigenvalue weighted by Gasteiger charge is 2.16. The lowest BCUT2D eigenvalue weighted by molar-refractivity contribution is -0.143. The summed E-state index contributed by atoms with van der Waals surface area (Å²) in [5.74, 6) is -0.291. The Morgan fingerprint density at radius 3 is 2.81 bits per heavy atom. The fraction of sp³-hybridized carbons (Fsp3) is 0.417. The minimum Gasteiger partial charge on any atom is -0.469 e. The standard InChI is InChI=1S/C12H17NO3/c1-3-16-11(8-12(14)15-2)9-5-4-6-10(13)7-9/h4-7,11H,3,8,13H2,1-2H3/t11-/m0/s1. The minimum absolute atomic E-state index is 0.202. The Morgan fingerprint density at radius 1 is 1.50 bits per heavy atom. The van der Waals surface area contributed by atoms with Crippen LogP contribution in [-0.4, -0.2) is 19.7 Å². The molecule has 0 bridgehead atoms. The molecule has 0 spiro atoms. The highest BCUT2D eigenvalue weighted by atomic mass is 16.5. The summed E-state index contributed by atoms with van der Waals surface area (Å²) in [6.45, 7) is 2.42. The van der Waals surface area contributed by atoms with Crippen LogP contribution in [0.2, 0.25) is 0 Å². The SMILES string of the molecule is CCO[C@@H](CC(=O)OC)c1cccc(N)c1. The molecule has 2 N–H and O–H groups in total. The maximum absolute atomic E-state index is 11.2. The summed E-state index contributed by atoms with van der Waals surface area (Å²) in [7, 11) is 1.37. The van der Waals surface area contributed by atoms with Gasteiger partial charge >= 0.3 is 5.97 Å². The summed E-state index contributed by atoms with van der Waals surface area (Å²) in [5.41, 5.74) is 7.24. The molecule has 0 aliphatic rings. The molecular formula is C12H17NO3. The minimum atomic E-state index is -0.291. The van der Waals surface area contributed by atoms with Crippen LogP contribution in [0.5, 0.6) is 0 Å². The Hall–Kier alpha value is -1.55. The second-order valence-corrected chi connectivity index (χ2v) is 3.39. The molecule has 0 fully saturated rings. The van der Waals surface area contributed by atoms with E-state index in [2.05, 4.69) is 4.74 Å². The third-order valence-corrected chi connectivity index (χ3v) is 2.23. The van der Waals surface area contributed by atoms with Crippen LogP contribution in [0.4, 0.5) is 5.69 Å². The Balaban J connectivity index is 2.80. The lowest BCUT2D eigenvalue weighted by Crippen LogP contribution is -2.12. The van der Waals surface area contributed by atoms with Gasteiger partial charge in [0, 0.05) is 12.3 Å². The fourth-order valence-corrected chi connectivity index (χ4v) is 1.47. The van der Waals surface area contributed by atoms with Crippen molar-refractivity contribution in [2.75, 3.05) is 19.5 Å². The number of hydrogen-bond acceptors (Lipinski definition) is 4. The lowest BCUT2D eigenvalue weighted by Gasteiger charge is -2.16. The number of esters is 1. The van der Waals surface area contributed by atoms with Gasteiger partial charge in [-0.25, -0.2) is 0 Å². The first kappa shape index (κ1) is 12.5. The van der Waals surface area contributed by atoms with Crippen LogP contribution in [0, 0.1) is 0 Å². The van der Waals surface area contributed by atoms with Gasteiger partial charge in [0.25, 0.3) is 0 Å². The topological polar surface area (TPSA) is 61.5 Å². The van der Waals surface area contributed by atoms with Crippen LogP contribution in [0.1, 0.15) is 25.0 Å². The number of methoxy groups -OCH3 is 1. The van der Waals surface area contributed by atoms with E-state index in [1.807, 2.05) is 25.1 Å². The zero-order chi connectivity index (χ0) is 12.0. The molecule has 1 rings (SSSR count). The maximum atomic E-state index is 11.2. The summed E-state index contributed by atoms with van der Waals surface area (Å²) in [6.07, 6.45) is -0.0886. The van der Waals surface area contributed by atoms with E-state index in [0.717, 1.165) is 5.56 Å². The predicted molar refractivity (Wildman–Crippen MR) is 61.9 cm³/mol. The quantitative estimate of drug-likeness (QED) is 0.612. The van der Waals surface area contributed by atoms with Crippen LogP contribution >= 0.6 is 0 Å². The van der Waals surface area contributed by atoms with E-state index in [9.17, 15) is 4.79 Å². The molecular weight excluding hydrogens is 206 g/mol. The molecule has 1 aromatic rings. The molecule has 88 valence electrons. The second-order valence-electron chi connectivity index (χ2n) is 3.39. The third kappa shape index (κ3) is 3.55. The van der Waals surface area contributed by atoms with Gasteiger partial charge < -0.3 is 15.2 Å². The van der Waals surface area contributed by atoms with E-state index < -0.39 is 0 Å². The predicted octanol–water partition coefficient (Wildman–Crippen LogP) is 1.91. The zero-order valence-electron chi connectivity index (χ0n) is 9.60. The van der Waals surface area contributed by atoms with Gasteiger partial charge in [0.15, 0.2) is 0 Å². The first-order valence-corrected chi connectivity index (χ1v) is 5.21. The molecule has 0 saturated heterocycles. The maximum Gasteiger partial charge on any atom is 0.308 e. The number of nitrogen functional groups attached to an aromatic ring is 1.